The Hall–Kier alpha value is -2.66. The quantitative estimate of drug-likeness (QED) is 0.659. The summed E-state index contributed by atoms with van der Waals surface area (Å²) in [6.45, 7) is 3.16. The number of thioether (sulfide) groups is 1. The summed E-state index contributed by atoms with van der Waals surface area (Å²) in [4.78, 5) is 13.4. The molecule has 4 rings (SSSR count). The Labute approximate surface area is 162 Å². The molecule has 27 heavy (non-hydrogen) atoms. The lowest BCUT2D eigenvalue weighted by atomic mass is 10.00. The molecule has 3 aromatic rings. The highest BCUT2D eigenvalue weighted by atomic mass is 32.2. The topological polar surface area (TPSA) is 47.6 Å². The fraction of sp³-hybridized carbons (Fsp3) is 0.227. The van der Waals surface area contributed by atoms with E-state index in [-0.39, 0.29) is 11.9 Å². The van der Waals surface area contributed by atoms with Crippen LogP contribution in [0.2, 0.25) is 0 Å². The number of nitrogens with one attached hydrogen (secondary N) is 1. The monoisotopic (exact) mass is 379 g/mol. The van der Waals surface area contributed by atoms with E-state index in [4.69, 9.17) is 9.47 Å². The molecule has 0 saturated carbocycles. The molecule has 0 saturated heterocycles. The van der Waals surface area contributed by atoms with Gasteiger partial charge in [-0.2, -0.15) is 0 Å². The molecule has 138 valence electrons. The molecule has 1 unspecified atom stereocenters. The summed E-state index contributed by atoms with van der Waals surface area (Å²) in [5.74, 6) is 1.88. The van der Waals surface area contributed by atoms with Gasteiger partial charge in [-0.25, -0.2) is 0 Å². The van der Waals surface area contributed by atoms with E-state index in [2.05, 4.69) is 29.6 Å². The molecule has 1 aliphatic heterocycles. The highest BCUT2D eigenvalue weighted by molar-refractivity contribution is 8.00. The third kappa shape index (κ3) is 4.03. The molecule has 5 heteroatoms. The van der Waals surface area contributed by atoms with Gasteiger partial charge in [0.1, 0.15) is 13.2 Å². The summed E-state index contributed by atoms with van der Waals surface area (Å²) < 4.78 is 11.1. The van der Waals surface area contributed by atoms with Gasteiger partial charge < -0.3 is 14.8 Å². The molecule has 0 radical (unpaired) electrons. The van der Waals surface area contributed by atoms with Crippen molar-refractivity contribution in [2.24, 2.45) is 0 Å². The van der Waals surface area contributed by atoms with Gasteiger partial charge in [-0.05, 0) is 41.5 Å². The Bertz CT molecular complexity index is 967. The van der Waals surface area contributed by atoms with Gasteiger partial charge in [-0.1, -0.05) is 42.5 Å². The van der Waals surface area contributed by atoms with Crippen LogP contribution in [-0.2, 0) is 4.79 Å². The summed E-state index contributed by atoms with van der Waals surface area (Å²) in [7, 11) is 0. The van der Waals surface area contributed by atoms with Crippen LogP contribution in [0.5, 0.6) is 11.5 Å². The lowest BCUT2D eigenvalue weighted by Crippen LogP contribution is -2.28. The van der Waals surface area contributed by atoms with E-state index in [1.165, 1.54) is 22.5 Å². The number of fused-ring (bicyclic) bond motifs is 2. The summed E-state index contributed by atoms with van der Waals surface area (Å²) in [5.41, 5.74) is 1.13. The molecule has 1 N–H and O–H groups in total. The standard InChI is InChI=1S/C22H21NO3S/c1-15(18-8-4-6-16-5-2-3-7-19(16)18)23-22(24)14-27-17-9-10-20-21(13-17)26-12-11-25-20/h2-10,13,15H,11-12,14H2,1H3,(H,23,24). The van der Waals surface area contributed by atoms with Crippen molar-refractivity contribution in [2.75, 3.05) is 19.0 Å². The predicted octanol–water partition coefficient (Wildman–Crippen LogP) is 4.58. The maximum atomic E-state index is 12.4. The third-order valence-electron chi connectivity index (χ3n) is 4.55. The van der Waals surface area contributed by atoms with Gasteiger partial charge in [-0.15, -0.1) is 11.8 Å². The number of hydrogen-bond acceptors (Lipinski definition) is 4. The van der Waals surface area contributed by atoms with E-state index in [0.29, 0.717) is 19.0 Å². The van der Waals surface area contributed by atoms with Crippen LogP contribution in [0, 0.1) is 0 Å². The zero-order valence-electron chi connectivity index (χ0n) is 15.1. The molecular formula is C22H21NO3S. The van der Waals surface area contributed by atoms with Crippen molar-refractivity contribution in [1.29, 1.82) is 0 Å². The van der Waals surface area contributed by atoms with E-state index < -0.39 is 0 Å². The number of amides is 1. The molecule has 1 heterocycles. The van der Waals surface area contributed by atoms with Gasteiger partial charge in [0.05, 0.1) is 11.8 Å². The largest absolute Gasteiger partial charge is 0.486 e. The summed E-state index contributed by atoms with van der Waals surface area (Å²) in [5, 5.41) is 5.46. The molecule has 1 amide bonds. The fourth-order valence-electron chi connectivity index (χ4n) is 3.25. The van der Waals surface area contributed by atoms with E-state index in [1.807, 2.05) is 43.3 Å². The van der Waals surface area contributed by atoms with Crippen molar-refractivity contribution in [2.45, 2.75) is 17.9 Å². The van der Waals surface area contributed by atoms with E-state index in [9.17, 15) is 4.79 Å². The van der Waals surface area contributed by atoms with E-state index >= 15 is 0 Å². The normalized spacial score (nSPS) is 14.0. The van der Waals surface area contributed by atoms with Gasteiger partial charge >= 0.3 is 0 Å². The first-order chi connectivity index (χ1) is 13.2. The Morgan fingerprint density at radius 3 is 2.70 bits per heavy atom. The zero-order valence-corrected chi connectivity index (χ0v) is 15.9. The molecule has 0 fully saturated rings. The van der Waals surface area contributed by atoms with Crippen LogP contribution in [0.15, 0.2) is 65.6 Å². The smallest absolute Gasteiger partial charge is 0.230 e. The maximum Gasteiger partial charge on any atom is 0.230 e. The number of ether oxygens (including phenoxy) is 2. The Kier molecular flexibility index (Phi) is 5.21. The first-order valence-corrected chi connectivity index (χ1v) is 9.99. The van der Waals surface area contributed by atoms with Crippen LogP contribution in [0.3, 0.4) is 0 Å². The summed E-state index contributed by atoms with van der Waals surface area (Å²) in [6.07, 6.45) is 0. The van der Waals surface area contributed by atoms with Crippen LogP contribution < -0.4 is 14.8 Å². The predicted molar refractivity (Wildman–Crippen MR) is 109 cm³/mol. The fourth-order valence-corrected chi connectivity index (χ4v) is 3.99. The van der Waals surface area contributed by atoms with Crippen LogP contribution in [0.25, 0.3) is 10.8 Å². The second kappa shape index (κ2) is 7.92. The van der Waals surface area contributed by atoms with Crippen LogP contribution in [0.4, 0.5) is 0 Å². The maximum absolute atomic E-state index is 12.4. The van der Waals surface area contributed by atoms with Crippen LogP contribution in [-0.4, -0.2) is 24.9 Å². The zero-order chi connectivity index (χ0) is 18.6. The molecule has 0 aromatic heterocycles. The minimum absolute atomic E-state index is 0.00956. The van der Waals surface area contributed by atoms with Gasteiger partial charge in [0.15, 0.2) is 11.5 Å². The number of benzene rings is 3. The first kappa shape index (κ1) is 17.7. The summed E-state index contributed by atoms with van der Waals surface area (Å²) in [6, 6.07) is 20.2. The van der Waals surface area contributed by atoms with Crippen LogP contribution in [0.1, 0.15) is 18.5 Å². The van der Waals surface area contributed by atoms with Gasteiger partial charge in [-0.3, -0.25) is 4.79 Å². The van der Waals surface area contributed by atoms with Crippen LogP contribution >= 0.6 is 11.8 Å². The number of rotatable bonds is 5. The van der Waals surface area contributed by atoms with Crippen molar-refractivity contribution in [3.63, 3.8) is 0 Å². The highest BCUT2D eigenvalue weighted by Gasteiger charge is 2.15. The average Bonchev–Trinajstić information content (AvgIpc) is 2.71. The van der Waals surface area contributed by atoms with Crippen molar-refractivity contribution >= 4 is 28.4 Å². The molecule has 0 bridgehead atoms. The number of hydrogen-bond donors (Lipinski definition) is 1. The molecule has 0 aliphatic carbocycles. The van der Waals surface area contributed by atoms with Crippen molar-refractivity contribution < 1.29 is 14.3 Å². The molecular weight excluding hydrogens is 358 g/mol. The molecule has 3 aromatic carbocycles. The minimum Gasteiger partial charge on any atom is -0.486 e. The first-order valence-electron chi connectivity index (χ1n) is 9.00. The molecule has 1 atom stereocenters. The Morgan fingerprint density at radius 1 is 1.04 bits per heavy atom. The molecule has 4 nitrogen and oxygen atoms in total. The lowest BCUT2D eigenvalue weighted by molar-refractivity contribution is -0.119. The van der Waals surface area contributed by atoms with E-state index in [0.717, 1.165) is 22.0 Å². The molecule has 1 aliphatic rings. The summed E-state index contributed by atoms with van der Waals surface area (Å²) >= 11 is 1.49. The number of carbonyl (C=O) groups excluding carboxylic acids is 1. The minimum atomic E-state index is -0.0514. The van der Waals surface area contributed by atoms with E-state index in [1.54, 1.807) is 0 Å². The third-order valence-corrected chi connectivity index (χ3v) is 5.54. The number of carbonyl (C=O) groups is 1. The Balaban J connectivity index is 1.39. The highest BCUT2D eigenvalue weighted by Crippen LogP contribution is 2.34. The van der Waals surface area contributed by atoms with Gasteiger partial charge in [0.25, 0.3) is 0 Å². The average molecular weight is 379 g/mol. The lowest BCUT2D eigenvalue weighted by Gasteiger charge is -2.19. The SMILES string of the molecule is CC(NC(=O)CSc1ccc2c(c1)OCCO2)c1cccc2ccccc12. The van der Waals surface area contributed by atoms with Gasteiger partial charge in [0, 0.05) is 4.90 Å². The second-order valence-electron chi connectivity index (χ2n) is 6.45. The van der Waals surface area contributed by atoms with Crippen molar-refractivity contribution in [3.8, 4) is 11.5 Å². The molecule has 0 spiro atoms. The van der Waals surface area contributed by atoms with Crippen molar-refractivity contribution in [1.82, 2.24) is 5.32 Å². The second-order valence-corrected chi connectivity index (χ2v) is 7.50. The van der Waals surface area contributed by atoms with Gasteiger partial charge in [0.2, 0.25) is 5.91 Å². The van der Waals surface area contributed by atoms with Crippen molar-refractivity contribution in [3.05, 3.63) is 66.2 Å². The Morgan fingerprint density at radius 2 is 1.81 bits per heavy atom.